The average Bonchev–Trinajstić information content (AvgIpc) is 2.78. The molecule has 19 heavy (non-hydrogen) atoms. The van der Waals surface area contributed by atoms with Crippen LogP contribution in [-0.4, -0.2) is 23.0 Å². The minimum absolute atomic E-state index is 0.0748. The standard InChI is InChI=1S/C13H13ClN2O3/c14-10-6-8(13(18)19)2-4-11(10)16-12(17)7-1-3-9(15)5-7/h1-4,6-7,9H,5,15H2,(H,16,17)(H,18,19). The van der Waals surface area contributed by atoms with Crippen LogP contribution in [0.2, 0.25) is 5.02 Å². The third kappa shape index (κ3) is 3.13. The van der Waals surface area contributed by atoms with Gasteiger partial charge in [-0.05, 0) is 24.6 Å². The summed E-state index contributed by atoms with van der Waals surface area (Å²) in [5.74, 6) is -1.54. The molecule has 2 atom stereocenters. The lowest BCUT2D eigenvalue weighted by molar-refractivity contribution is -0.118. The Kier molecular flexibility index (Phi) is 3.87. The summed E-state index contributed by atoms with van der Waals surface area (Å²) in [6, 6.07) is 4.07. The molecule has 100 valence electrons. The van der Waals surface area contributed by atoms with Crippen LogP contribution in [0.3, 0.4) is 0 Å². The maximum atomic E-state index is 11.9. The number of carboxylic acids is 1. The van der Waals surface area contributed by atoms with Gasteiger partial charge in [-0.2, -0.15) is 0 Å². The van der Waals surface area contributed by atoms with Gasteiger partial charge >= 0.3 is 5.97 Å². The summed E-state index contributed by atoms with van der Waals surface area (Å²) in [4.78, 5) is 22.7. The lowest BCUT2D eigenvalue weighted by Crippen LogP contribution is -2.24. The van der Waals surface area contributed by atoms with Crippen molar-refractivity contribution in [1.29, 1.82) is 0 Å². The molecule has 1 aliphatic carbocycles. The summed E-state index contributed by atoms with van der Waals surface area (Å²) < 4.78 is 0. The van der Waals surface area contributed by atoms with Crippen molar-refractivity contribution >= 4 is 29.2 Å². The molecule has 1 aromatic rings. The number of benzene rings is 1. The summed E-state index contributed by atoms with van der Waals surface area (Å²) in [5, 5.41) is 11.7. The Bertz CT molecular complexity index is 557. The maximum absolute atomic E-state index is 11.9. The van der Waals surface area contributed by atoms with E-state index in [1.807, 2.05) is 0 Å². The van der Waals surface area contributed by atoms with E-state index >= 15 is 0 Å². The number of amides is 1. The minimum Gasteiger partial charge on any atom is -0.478 e. The van der Waals surface area contributed by atoms with Gasteiger partial charge in [0.05, 0.1) is 22.2 Å². The number of nitrogens with two attached hydrogens (primary N) is 1. The van der Waals surface area contributed by atoms with Gasteiger partial charge < -0.3 is 16.2 Å². The third-order valence-electron chi connectivity index (χ3n) is 2.93. The van der Waals surface area contributed by atoms with Gasteiger partial charge in [-0.3, -0.25) is 4.79 Å². The van der Waals surface area contributed by atoms with Crippen LogP contribution in [0.15, 0.2) is 30.4 Å². The molecule has 1 aliphatic rings. The predicted molar refractivity (Wildman–Crippen MR) is 72.3 cm³/mol. The van der Waals surface area contributed by atoms with Gasteiger partial charge in [-0.25, -0.2) is 4.79 Å². The highest BCUT2D eigenvalue weighted by atomic mass is 35.5. The molecule has 5 nitrogen and oxygen atoms in total. The quantitative estimate of drug-likeness (QED) is 0.737. The minimum atomic E-state index is -1.07. The fraction of sp³-hybridized carbons (Fsp3) is 0.231. The number of carbonyl (C=O) groups is 2. The number of carboxylic acid groups (broad SMARTS) is 1. The Morgan fingerprint density at radius 3 is 2.63 bits per heavy atom. The first-order valence-corrected chi connectivity index (χ1v) is 6.13. The van der Waals surface area contributed by atoms with Crippen molar-refractivity contribution in [2.24, 2.45) is 11.7 Å². The Morgan fingerprint density at radius 1 is 1.37 bits per heavy atom. The molecule has 2 unspecified atom stereocenters. The second-order valence-corrected chi connectivity index (χ2v) is 4.79. The Labute approximate surface area is 115 Å². The number of hydrogen-bond donors (Lipinski definition) is 3. The highest BCUT2D eigenvalue weighted by Gasteiger charge is 2.23. The second kappa shape index (κ2) is 5.42. The van der Waals surface area contributed by atoms with Crippen LogP contribution >= 0.6 is 11.6 Å². The van der Waals surface area contributed by atoms with E-state index in [0.717, 1.165) is 0 Å². The summed E-state index contributed by atoms with van der Waals surface area (Å²) in [7, 11) is 0. The van der Waals surface area contributed by atoms with E-state index in [4.69, 9.17) is 22.4 Å². The van der Waals surface area contributed by atoms with Gasteiger partial charge in [0, 0.05) is 6.04 Å². The van der Waals surface area contributed by atoms with E-state index in [1.165, 1.54) is 18.2 Å². The summed E-state index contributed by atoms with van der Waals surface area (Å²) in [6.07, 6.45) is 4.12. The number of rotatable bonds is 3. The van der Waals surface area contributed by atoms with Crippen molar-refractivity contribution in [2.45, 2.75) is 12.5 Å². The van der Waals surface area contributed by atoms with E-state index in [1.54, 1.807) is 12.2 Å². The van der Waals surface area contributed by atoms with E-state index < -0.39 is 5.97 Å². The smallest absolute Gasteiger partial charge is 0.335 e. The Balaban J connectivity index is 2.09. The van der Waals surface area contributed by atoms with Gasteiger partial charge in [0.2, 0.25) is 5.91 Å². The Hall–Kier alpha value is -1.85. The van der Waals surface area contributed by atoms with Gasteiger partial charge in [0.1, 0.15) is 0 Å². The molecule has 0 saturated carbocycles. The SMILES string of the molecule is NC1C=CC(C(=O)Nc2ccc(C(=O)O)cc2Cl)C1. The average molecular weight is 281 g/mol. The lowest BCUT2D eigenvalue weighted by Gasteiger charge is -2.12. The molecular formula is C13H13ClN2O3. The number of halogens is 1. The van der Waals surface area contributed by atoms with Crippen LogP contribution in [0, 0.1) is 5.92 Å². The van der Waals surface area contributed by atoms with Crippen molar-refractivity contribution in [2.75, 3.05) is 5.32 Å². The molecular weight excluding hydrogens is 268 g/mol. The topological polar surface area (TPSA) is 92.4 Å². The predicted octanol–water partition coefficient (Wildman–Crippen LogP) is 1.88. The number of aromatic carboxylic acids is 1. The molecule has 0 bridgehead atoms. The van der Waals surface area contributed by atoms with Crippen LogP contribution < -0.4 is 11.1 Å². The molecule has 6 heteroatoms. The van der Waals surface area contributed by atoms with Crippen LogP contribution in [0.4, 0.5) is 5.69 Å². The van der Waals surface area contributed by atoms with Crippen LogP contribution in [0.25, 0.3) is 0 Å². The molecule has 0 aliphatic heterocycles. The van der Waals surface area contributed by atoms with E-state index in [0.29, 0.717) is 12.1 Å². The van der Waals surface area contributed by atoms with Crippen LogP contribution in [0.5, 0.6) is 0 Å². The highest BCUT2D eigenvalue weighted by Crippen LogP contribution is 2.25. The van der Waals surface area contributed by atoms with Gasteiger partial charge in [-0.15, -0.1) is 0 Å². The third-order valence-corrected chi connectivity index (χ3v) is 3.24. The highest BCUT2D eigenvalue weighted by molar-refractivity contribution is 6.34. The molecule has 1 aromatic carbocycles. The zero-order valence-corrected chi connectivity index (χ0v) is 10.7. The molecule has 0 saturated heterocycles. The number of hydrogen-bond acceptors (Lipinski definition) is 3. The summed E-state index contributed by atoms with van der Waals surface area (Å²) in [6.45, 7) is 0. The van der Waals surface area contributed by atoms with Crippen molar-refractivity contribution in [1.82, 2.24) is 0 Å². The van der Waals surface area contributed by atoms with E-state index in [-0.39, 0.29) is 28.5 Å². The lowest BCUT2D eigenvalue weighted by atomic mass is 10.1. The fourth-order valence-electron chi connectivity index (χ4n) is 1.90. The monoisotopic (exact) mass is 280 g/mol. The molecule has 0 radical (unpaired) electrons. The summed E-state index contributed by atoms with van der Waals surface area (Å²) >= 11 is 5.93. The van der Waals surface area contributed by atoms with Crippen LogP contribution in [0.1, 0.15) is 16.8 Å². The van der Waals surface area contributed by atoms with Crippen molar-refractivity contribution in [3.63, 3.8) is 0 Å². The van der Waals surface area contributed by atoms with Gasteiger partial charge in [0.15, 0.2) is 0 Å². The number of anilines is 1. The zero-order valence-electron chi connectivity index (χ0n) is 9.97. The van der Waals surface area contributed by atoms with Crippen molar-refractivity contribution in [3.8, 4) is 0 Å². The van der Waals surface area contributed by atoms with Gasteiger partial charge in [0.25, 0.3) is 0 Å². The molecule has 2 rings (SSSR count). The first-order valence-electron chi connectivity index (χ1n) is 5.75. The number of nitrogens with one attached hydrogen (secondary N) is 1. The maximum Gasteiger partial charge on any atom is 0.335 e. The molecule has 0 aromatic heterocycles. The molecule has 0 spiro atoms. The van der Waals surface area contributed by atoms with Gasteiger partial charge in [-0.1, -0.05) is 23.8 Å². The second-order valence-electron chi connectivity index (χ2n) is 4.38. The van der Waals surface area contributed by atoms with E-state index in [2.05, 4.69) is 5.32 Å². The van der Waals surface area contributed by atoms with Crippen molar-refractivity contribution in [3.05, 3.63) is 40.9 Å². The molecule has 4 N–H and O–H groups in total. The fourth-order valence-corrected chi connectivity index (χ4v) is 2.12. The largest absolute Gasteiger partial charge is 0.478 e. The molecule has 1 amide bonds. The number of carbonyl (C=O) groups excluding carboxylic acids is 1. The summed E-state index contributed by atoms with van der Waals surface area (Å²) in [5.41, 5.74) is 6.15. The molecule has 0 heterocycles. The van der Waals surface area contributed by atoms with E-state index in [9.17, 15) is 9.59 Å². The Morgan fingerprint density at radius 2 is 2.11 bits per heavy atom. The zero-order chi connectivity index (χ0) is 14.0. The first-order chi connectivity index (χ1) is 8.97. The first kappa shape index (κ1) is 13.6. The van der Waals surface area contributed by atoms with Crippen LogP contribution in [-0.2, 0) is 4.79 Å². The van der Waals surface area contributed by atoms with Crippen molar-refractivity contribution < 1.29 is 14.7 Å². The normalized spacial score (nSPS) is 21.4. The molecule has 0 fully saturated rings.